The van der Waals surface area contributed by atoms with Crippen molar-refractivity contribution >= 4 is 11.6 Å². The van der Waals surface area contributed by atoms with E-state index >= 15 is 0 Å². The number of nitrogens with one attached hydrogen (secondary N) is 1. The minimum Gasteiger partial charge on any atom is -0.369 e. The van der Waals surface area contributed by atoms with Crippen molar-refractivity contribution in [1.29, 1.82) is 0 Å². The van der Waals surface area contributed by atoms with Crippen molar-refractivity contribution in [1.82, 2.24) is 5.32 Å². The van der Waals surface area contributed by atoms with E-state index in [0.29, 0.717) is 0 Å². The Morgan fingerprint density at radius 3 is 2.53 bits per heavy atom. The van der Waals surface area contributed by atoms with Crippen molar-refractivity contribution < 1.29 is 4.74 Å². The van der Waals surface area contributed by atoms with Crippen LogP contribution < -0.4 is 5.32 Å². The van der Waals surface area contributed by atoms with E-state index in [1.807, 2.05) is 18.2 Å². The topological polar surface area (TPSA) is 21.3 Å². The molecule has 108 valence electrons. The van der Waals surface area contributed by atoms with Crippen LogP contribution in [-0.2, 0) is 4.74 Å². The zero-order chi connectivity index (χ0) is 14.5. The number of hydrogen-bond donors (Lipinski definition) is 1. The van der Waals surface area contributed by atoms with Gasteiger partial charge in [0.15, 0.2) is 0 Å². The minimum atomic E-state index is 0.0351. The molecule has 0 fully saturated rings. The maximum Gasteiger partial charge on any atom is 0.0953 e. The van der Waals surface area contributed by atoms with E-state index in [1.54, 1.807) is 0 Å². The molecule has 0 bridgehead atoms. The lowest BCUT2D eigenvalue weighted by atomic mass is 10.1. The Hall–Kier alpha value is -0.570. The molecule has 0 aliphatic heterocycles. The van der Waals surface area contributed by atoms with Gasteiger partial charge in [0.1, 0.15) is 0 Å². The average molecular weight is 284 g/mol. The first-order chi connectivity index (χ1) is 8.81. The molecular weight excluding hydrogens is 258 g/mol. The van der Waals surface area contributed by atoms with Gasteiger partial charge in [0.2, 0.25) is 0 Å². The molecule has 0 radical (unpaired) electrons. The Morgan fingerprint density at radius 1 is 1.32 bits per heavy atom. The number of ether oxygens (including phenoxy) is 1. The second kappa shape index (κ2) is 7.28. The lowest BCUT2D eigenvalue weighted by Crippen LogP contribution is -2.39. The van der Waals surface area contributed by atoms with E-state index in [-0.39, 0.29) is 17.7 Å². The van der Waals surface area contributed by atoms with Crippen molar-refractivity contribution in [2.75, 3.05) is 6.54 Å². The predicted octanol–water partition coefficient (Wildman–Crippen LogP) is 4.58. The Balaban J connectivity index is 2.79. The van der Waals surface area contributed by atoms with Crippen LogP contribution in [0.1, 0.15) is 52.7 Å². The lowest BCUT2D eigenvalue weighted by Gasteiger charge is -2.27. The van der Waals surface area contributed by atoms with Crippen LogP contribution >= 0.6 is 11.6 Å². The predicted molar refractivity (Wildman–Crippen MR) is 82.8 cm³/mol. The van der Waals surface area contributed by atoms with Crippen LogP contribution in [0.15, 0.2) is 24.3 Å². The van der Waals surface area contributed by atoms with Crippen molar-refractivity contribution in [2.45, 2.75) is 58.8 Å². The second-order valence-corrected chi connectivity index (χ2v) is 6.47. The van der Waals surface area contributed by atoms with Gasteiger partial charge in [-0.15, -0.1) is 0 Å². The molecule has 0 spiro atoms. The smallest absolute Gasteiger partial charge is 0.0953 e. The van der Waals surface area contributed by atoms with Gasteiger partial charge in [-0.3, -0.25) is 0 Å². The summed E-state index contributed by atoms with van der Waals surface area (Å²) in [6, 6.07) is 7.92. The Kier molecular flexibility index (Phi) is 6.31. The molecule has 1 aromatic carbocycles. The standard InChI is InChI=1S/C16H26ClNO/c1-6-12(2)19-15(11-18-16(3,4)5)13-8-7-9-14(17)10-13/h7-10,12,15,18H,6,11H2,1-5H3. The lowest BCUT2D eigenvalue weighted by molar-refractivity contribution is -0.00729. The molecule has 2 atom stereocenters. The molecule has 0 aliphatic rings. The third kappa shape index (κ3) is 6.42. The van der Waals surface area contributed by atoms with Crippen LogP contribution in [0.5, 0.6) is 0 Å². The second-order valence-electron chi connectivity index (χ2n) is 6.03. The SMILES string of the molecule is CCC(C)OC(CNC(C)(C)C)c1cccc(Cl)c1. The number of benzene rings is 1. The van der Waals surface area contributed by atoms with E-state index in [9.17, 15) is 0 Å². The summed E-state index contributed by atoms with van der Waals surface area (Å²) in [7, 11) is 0. The summed E-state index contributed by atoms with van der Waals surface area (Å²) in [5.41, 5.74) is 1.21. The summed E-state index contributed by atoms with van der Waals surface area (Å²) in [5, 5.41) is 4.26. The maximum atomic E-state index is 6.11. The average Bonchev–Trinajstić information content (AvgIpc) is 2.33. The first-order valence-corrected chi connectivity index (χ1v) is 7.35. The van der Waals surface area contributed by atoms with Gasteiger partial charge in [-0.25, -0.2) is 0 Å². The number of hydrogen-bond acceptors (Lipinski definition) is 2. The fourth-order valence-electron chi connectivity index (χ4n) is 1.73. The fraction of sp³-hybridized carbons (Fsp3) is 0.625. The highest BCUT2D eigenvalue weighted by molar-refractivity contribution is 6.30. The molecule has 3 heteroatoms. The summed E-state index contributed by atoms with van der Waals surface area (Å²) in [5.74, 6) is 0. The fourth-order valence-corrected chi connectivity index (χ4v) is 1.93. The van der Waals surface area contributed by atoms with E-state index in [4.69, 9.17) is 16.3 Å². The quantitative estimate of drug-likeness (QED) is 0.825. The maximum absolute atomic E-state index is 6.11. The summed E-state index contributed by atoms with van der Waals surface area (Å²) < 4.78 is 6.11. The van der Waals surface area contributed by atoms with Crippen LogP contribution in [0.4, 0.5) is 0 Å². The van der Waals surface area contributed by atoms with Crippen LogP contribution in [0.25, 0.3) is 0 Å². The highest BCUT2D eigenvalue weighted by Crippen LogP contribution is 2.23. The minimum absolute atomic E-state index is 0.0351. The molecule has 1 aromatic rings. The molecule has 2 nitrogen and oxygen atoms in total. The molecule has 0 amide bonds. The van der Waals surface area contributed by atoms with Crippen LogP contribution in [0.2, 0.25) is 5.02 Å². The van der Waals surface area contributed by atoms with Crippen LogP contribution in [0, 0.1) is 0 Å². The van der Waals surface area contributed by atoms with E-state index < -0.39 is 0 Å². The monoisotopic (exact) mass is 283 g/mol. The van der Waals surface area contributed by atoms with Crippen molar-refractivity contribution in [3.8, 4) is 0 Å². The van der Waals surface area contributed by atoms with Crippen molar-refractivity contribution in [3.05, 3.63) is 34.9 Å². The summed E-state index contributed by atoms with van der Waals surface area (Å²) in [6.45, 7) is 11.5. The highest BCUT2D eigenvalue weighted by atomic mass is 35.5. The van der Waals surface area contributed by atoms with Crippen LogP contribution in [-0.4, -0.2) is 18.2 Å². The third-order valence-electron chi connectivity index (χ3n) is 3.01. The summed E-state index contributed by atoms with van der Waals surface area (Å²) in [6.07, 6.45) is 1.28. The van der Waals surface area contributed by atoms with Crippen molar-refractivity contribution in [3.63, 3.8) is 0 Å². The Labute approximate surface area is 122 Å². The molecule has 0 heterocycles. The summed E-state index contributed by atoms with van der Waals surface area (Å²) in [4.78, 5) is 0. The zero-order valence-electron chi connectivity index (χ0n) is 12.7. The Morgan fingerprint density at radius 2 is 2.00 bits per heavy atom. The highest BCUT2D eigenvalue weighted by Gasteiger charge is 2.18. The van der Waals surface area contributed by atoms with Gasteiger partial charge in [-0.05, 0) is 51.8 Å². The van der Waals surface area contributed by atoms with E-state index in [0.717, 1.165) is 23.6 Å². The molecule has 1 rings (SSSR count). The summed E-state index contributed by atoms with van der Waals surface area (Å²) >= 11 is 6.07. The first kappa shape index (κ1) is 16.5. The molecular formula is C16H26ClNO. The Bertz CT molecular complexity index is 387. The number of halogens is 1. The van der Waals surface area contributed by atoms with Gasteiger partial charge in [0, 0.05) is 17.1 Å². The van der Waals surface area contributed by atoms with Gasteiger partial charge < -0.3 is 10.1 Å². The van der Waals surface area contributed by atoms with Gasteiger partial charge >= 0.3 is 0 Å². The molecule has 2 unspecified atom stereocenters. The van der Waals surface area contributed by atoms with Gasteiger partial charge in [-0.2, -0.15) is 0 Å². The number of rotatable bonds is 6. The van der Waals surface area contributed by atoms with E-state index in [1.165, 1.54) is 0 Å². The molecule has 0 aromatic heterocycles. The van der Waals surface area contributed by atoms with Crippen LogP contribution in [0.3, 0.4) is 0 Å². The van der Waals surface area contributed by atoms with Crippen molar-refractivity contribution in [2.24, 2.45) is 0 Å². The van der Waals surface area contributed by atoms with Gasteiger partial charge in [0.25, 0.3) is 0 Å². The molecule has 1 N–H and O–H groups in total. The van der Waals surface area contributed by atoms with Gasteiger partial charge in [-0.1, -0.05) is 30.7 Å². The molecule has 19 heavy (non-hydrogen) atoms. The normalized spacial score (nSPS) is 15.3. The largest absolute Gasteiger partial charge is 0.369 e. The molecule has 0 aliphatic carbocycles. The van der Waals surface area contributed by atoms with Gasteiger partial charge in [0.05, 0.1) is 12.2 Å². The first-order valence-electron chi connectivity index (χ1n) is 6.97. The molecule has 0 saturated heterocycles. The van der Waals surface area contributed by atoms with E-state index in [2.05, 4.69) is 46.0 Å². The zero-order valence-corrected chi connectivity index (χ0v) is 13.4. The third-order valence-corrected chi connectivity index (χ3v) is 3.24. The molecule has 0 saturated carbocycles.